The summed E-state index contributed by atoms with van der Waals surface area (Å²) in [6.07, 6.45) is 0.701. The fourth-order valence-corrected chi connectivity index (χ4v) is 4.11. The Labute approximate surface area is 156 Å². The van der Waals surface area contributed by atoms with Crippen molar-refractivity contribution in [3.8, 4) is 0 Å². The average Bonchev–Trinajstić information content (AvgIpc) is 3.03. The van der Waals surface area contributed by atoms with Gasteiger partial charge in [-0.25, -0.2) is 0 Å². The zero-order valence-electron chi connectivity index (χ0n) is 13.8. The van der Waals surface area contributed by atoms with Crippen LogP contribution in [0.4, 0.5) is 5.69 Å². The number of benzene rings is 3. The zero-order chi connectivity index (χ0) is 17.3. The molecule has 1 saturated heterocycles. The molecule has 0 amide bonds. The maximum atomic E-state index is 11.7. The van der Waals surface area contributed by atoms with Gasteiger partial charge in [0.1, 0.15) is 5.60 Å². The van der Waals surface area contributed by atoms with E-state index in [0.717, 1.165) is 27.8 Å². The molecule has 25 heavy (non-hydrogen) atoms. The SMILES string of the molecule is O[C@]1(c2ccccc2)CCN(c2ccccc2)[C@@H]1c1ccc(Br)cc1. The molecule has 2 atom stereocenters. The van der Waals surface area contributed by atoms with Crippen molar-refractivity contribution in [1.82, 2.24) is 0 Å². The van der Waals surface area contributed by atoms with Crippen LogP contribution in [0.25, 0.3) is 0 Å². The maximum Gasteiger partial charge on any atom is 0.116 e. The van der Waals surface area contributed by atoms with E-state index in [2.05, 4.69) is 45.1 Å². The minimum Gasteiger partial charge on any atom is -0.383 e. The first-order valence-corrected chi connectivity index (χ1v) is 9.33. The summed E-state index contributed by atoms with van der Waals surface area (Å²) in [7, 11) is 0. The van der Waals surface area contributed by atoms with Gasteiger partial charge in [0, 0.05) is 23.1 Å². The lowest BCUT2D eigenvalue weighted by Gasteiger charge is -2.36. The van der Waals surface area contributed by atoms with E-state index >= 15 is 0 Å². The molecule has 0 saturated carbocycles. The highest BCUT2D eigenvalue weighted by Gasteiger charge is 2.48. The van der Waals surface area contributed by atoms with Gasteiger partial charge in [0.2, 0.25) is 0 Å². The van der Waals surface area contributed by atoms with E-state index in [1.807, 2.05) is 60.7 Å². The highest BCUT2D eigenvalue weighted by molar-refractivity contribution is 9.10. The molecule has 3 heteroatoms. The molecule has 3 aromatic carbocycles. The van der Waals surface area contributed by atoms with E-state index in [-0.39, 0.29) is 6.04 Å². The molecular weight excluding hydrogens is 374 g/mol. The molecule has 2 nitrogen and oxygen atoms in total. The Morgan fingerprint density at radius 3 is 2.08 bits per heavy atom. The number of para-hydroxylation sites is 1. The lowest BCUT2D eigenvalue weighted by atomic mass is 9.83. The largest absolute Gasteiger partial charge is 0.383 e. The van der Waals surface area contributed by atoms with Crippen molar-refractivity contribution >= 4 is 21.6 Å². The first-order chi connectivity index (χ1) is 12.2. The summed E-state index contributed by atoms with van der Waals surface area (Å²) in [5, 5.41) is 11.7. The molecule has 4 rings (SSSR count). The molecule has 3 aromatic rings. The second kappa shape index (κ2) is 6.66. The second-order valence-corrected chi connectivity index (χ2v) is 7.44. The third kappa shape index (κ3) is 2.99. The number of hydrogen-bond acceptors (Lipinski definition) is 2. The van der Waals surface area contributed by atoms with Gasteiger partial charge in [-0.15, -0.1) is 0 Å². The molecule has 0 radical (unpaired) electrons. The molecule has 1 N–H and O–H groups in total. The van der Waals surface area contributed by atoms with Crippen molar-refractivity contribution < 1.29 is 5.11 Å². The van der Waals surface area contributed by atoms with Crippen molar-refractivity contribution in [2.24, 2.45) is 0 Å². The van der Waals surface area contributed by atoms with Crippen LogP contribution in [0.3, 0.4) is 0 Å². The monoisotopic (exact) mass is 393 g/mol. The molecule has 0 aromatic heterocycles. The number of nitrogens with zero attached hydrogens (tertiary/aromatic N) is 1. The minimum absolute atomic E-state index is 0.120. The van der Waals surface area contributed by atoms with Crippen LogP contribution >= 0.6 is 15.9 Å². The molecule has 0 bridgehead atoms. The van der Waals surface area contributed by atoms with Gasteiger partial charge in [0.25, 0.3) is 0 Å². The molecule has 0 unspecified atom stereocenters. The molecule has 0 spiro atoms. The Bertz CT molecular complexity index is 835. The van der Waals surface area contributed by atoms with Gasteiger partial charge in [-0.05, 0) is 35.4 Å². The number of halogens is 1. The van der Waals surface area contributed by atoms with E-state index < -0.39 is 5.60 Å². The van der Waals surface area contributed by atoms with Gasteiger partial charge in [-0.2, -0.15) is 0 Å². The Morgan fingerprint density at radius 2 is 1.44 bits per heavy atom. The Morgan fingerprint density at radius 1 is 0.840 bits per heavy atom. The third-order valence-electron chi connectivity index (χ3n) is 5.05. The quantitative estimate of drug-likeness (QED) is 0.653. The van der Waals surface area contributed by atoms with Crippen LogP contribution in [0.15, 0.2) is 89.4 Å². The smallest absolute Gasteiger partial charge is 0.116 e. The number of anilines is 1. The molecular formula is C22H20BrNO. The van der Waals surface area contributed by atoms with E-state index in [0.29, 0.717) is 6.42 Å². The lowest BCUT2D eigenvalue weighted by Crippen LogP contribution is -2.35. The Hall–Kier alpha value is -2.10. The summed E-state index contributed by atoms with van der Waals surface area (Å²) in [5.74, 6) is 0. The normalized spacial score (nSPS) is 23.0. The Kier molecular flexibility index (Phi) is 4.36. The van der Waals surface area contributed by atoms with E-state index in [1.165, 1.54) is 0 Å². The van der Waals surface area contributed by atoms with Gasteiger partial charge < -0.3 is 10.0 Å². The molecule has 0 aliphatic carbocycles. The van der Waals surface area contributed by atoms with Gasteiger partial charge in [-0.1, -0.05) is 76.6 Å². The van der Waals surface area contributed by atoms with Crippen molar-refractivity contribution in [2.45, 2.75) is 18.1 Å². The third-order valence-corrected chi connectivity index (χ3v) is 5.57. The van der Waals surface area contributed by atoms with Crippen LogP contribution in [-0.2, 0) is 5.60 Å². The maximum absolute atomic E-state index is 11.7. The highest BCUT2D eigenvalue weighted by Crippen LogP contribution is 2.49. The number of rotatable bonds is 3. The van der Waals surface area contributed by atoms with E-state index in [1.54, 1.807) is 0 Å². The van der Waals surface area contributed by atoms with Crippen LogP contribution in [0.2, 0.25) is 0 Å². The van der Waals surface area contributed by atoms with Gasteiger partial charge in [0.15, 0.2) is 0 Å². The first-order valence-electron chi connectivity index (χ1n) is 8.53. The summed E-state index contributed by atoms with van der Waals surface area (Å²) in [6, 6.07) is 28.6. The van der Waals surface area contributed by atoms with Crippen molar-refractivity contribution in [3.63, 3.8) is 0 Å². The summed E-state index contributed by atoms with van der Waals surface area (Å²) in [5.41, 5.74) is 2.32. The van der Waals surface area contributed by atoms with Crippen LogP contribution in [-0.4, -0.2) is 11.7 Å². The minimum atomic E-state index is -0.912. The first kappa shape index (κ1) is 16.4. The van der Waals surface area contributed by atoms with Crippen molar-refractivity contribution in [1.29, 1.82) is 0 Å². The predicted octanol–water partition coefficient (Wildman–Crippen LogP) is 5.29. The van der Waals surface area contributed by atoms with Crippen LogP contribution in [0.1, 0.15) is 23.6 Å². The molecule has 1 aliphatic heterocycles. The predicted molar refractivity (Wildman–Crippen MR) is 106 cm³/mol. The van der Waals surface area contributed by atoms with Crippen molar-refractivity contribution in [3.05, 3.63) is 101 Å². The number of hydrogen-bond donors (Lipinski definition) is 1. The van der Waals surface area contributed by atoms with Crippen LogP contribution in [0.5, 0.6) is 0 Å². The van der Waals surface area contributed by atoms with E-state index in [9.17, 15) is 5.11 Å². The standard InChI is InChI=1S/C22H20BrNO/c23-19-13-11-17(12-14-19)21-22(25,18-7-3-1-4-8-18)15-16-24(21)20-9-5-2-6-10-20/h1-14,21,25H,15-16H2/t21-,22+/m1/s1. The fraction of sp³-hybridized carbons (Fsp3) is 0.182. The van der Waals surface area contributed by atoms with Gasteiger partial charge >= 0.3 is 0 Å². The molecule has 1 aliphatic rings. The zero-order valence-corrected chi connectivity index (χ0v) is 15.4. The van der Waals surface area contributed by atoms with Crippen LogP contribution < -0.4 is 4.90 Å². The van der Waals surface area contributed by atoms with E-state index in [4.69, 9.17) is 0 Å². The summed E-state index contributed by atoms with van der Waals surface area (Å²) in [4.78, 5) is 2.32. The number of aliphatic hydroxyl groups is 1. The fourth-order valence-electron chi connectivity index (χ4n) is 3.84. The topological polar surface area (TPSA) is 23.5 Å². The Balaban J connectivity index is 1.83. The molecule has 1 heterocycles. The average molecular weight is 394 g/mol. The molecule has 126 valence electrons. The second-order valence-electron chi connectivity index (χ2n) is 6.52. The van der Waals surface area contributed by atoms with Gasteiger partial charge in [-0.3, -0.25) is 0 Å². The van der Waals surface area contributed by atoms with Crippen molar-refractivity contribution in [2.75, 3.05) is 11.4 Å². The molecule has 1 fully saturated rings. The lowest BCUT2D eigenvalue weighted by molar-refractivity contribution is 0.0271. The van der Waals surface area contributed by atoms with Gasteiger partial charge in [0.05, 0.1) is 6.04 Å². The summed E-state index contributed by atoms with van der Waals surface area (Å²) >= 11 is 3.51. The van der Waals surface area contributed by atoms with Crippen LogP contribution in [0, 0.1) is 0 Å². The highest BCUT2D eigenvalue weighted by atomic mass is 79.9. The summed E-state index contributed by atoms with van der Waals surface area (Å²) in [6.45, 7) is 0.816. The summed E-state index contributed by atoms with van der Waals surface area (Å²) < 4.78 is 1.05.